The Bertz CT molecular complexity index is 457. The molecule has 2 heterocycles. The molecule has 0 saturated carbocycles. The van der Waals surface area contributed by atoms with Gasteiger partial charge in [-0.15, -0.1) is 0 Å². The third-order valence-electron chi connectivity index (χ3n) is 2.31. The van der Waals surface area contributed by atoms with E-state index in [0.29, 0.717) is 5.56 Å². The number of aromatic amines is 1. The van der Waals surface area contributed by atoms with Crippen molar-refractivity contribution in [1.82, 2.24) is 9.97 Å². The summed E-state index contributed by atoms with van der Waals surface area (Å²) in [6.45, 7) is 0. The maximum Gasteiger partial charge on any atom is 0.107 e. The van der Waals surface area contributed by atoms with Crippen LogP contribution in [-0.2, 0) is 0 Å². The largest absolute Gasteiger partial charge is 0.389 e. The van der Waals surface area contributed by atoms with Gasteiger partial charge in [-0.05, 0) is 12.1 Å². The van der Waals surface area contributed by atoms with Crippen molar-refractivity contribution in [2.75, 3.05) is 5.75 Å². The number of fused-ring (bicyclic) bond motifs is 1. The number of H-pyrrole nitrogens is 1. The van der Waals surface area contributed by atoms with Gasteiger partial charge in [-0.25, -0.2) is 0 Å². The molecule has 2 atom stereocenters. The van der Waals surface area contributed by atoms with Crippen LogP contribution in [0.5, 0.6) is 0 Å². The summed E-state index contributed by atoms with van der Waals surface area (Å²) in [5.74, 6) is 0.212. The van der Waals surface area contributed by atoms with Crippen molar-refractivity contribution in [2.45, 2.75) is 12.2 Å². The molecule has 0 amide bonds. The summed E-state index contributed by atoms with van der Waals surface area (Å²) in [6.07, 6.45) is 1.53. The zero-order valence-electron chi connectivity index (χ0n) is 7.96. The Morgan fingerprint density at radius 3 is 3.00 bits per heavy atom. The Kier molecular flexibility index (Phi) is 2.95. The molecular formula is C10H12N2O2S. The number of thiol groups is 1. The van der Waals surface area contributed by atoms with Crippen LogP contribution in [0.25, 0.3) is 11.0 Å². The van der Waals surface area contributed by atoms with Gasteiger partial charge in [0.25, 0.3) is 0 Å². The third-order valence-corrected chi connectivity index (χ3v) is 2.69. The number of nitrogens with one attached hydrogen (secondary N) is 1. The molecule has 0 aliphatic rings. The number of aliphatic hydroxyl groups is 2. The second kappa shape index (κ2) is 4.22. The first-order valence-electron chi connectivity index (χ1n) is 4.62. The molecule has 4 nitrogen and oxygen atoms in total. The molecule has 0 bridgehead atoms. The highest BCUT2D eigenvalue weighted by atomic mass is 32.1. The van der Waals surface area contributed by atoms with Crippen LogP contribution in [0.15, 0.2) is 24.5 Å². The highest BCUT2D eigenvalue weighted by Crippen LogP contribution is 2.20. The van der Waals surface area contributed by atoms with Gasteiger partial charge in [-0.3, -0.25) is 4.98 Å². The fraction of sp³-hybridized carbons (Fsp3) is 0.300. The molecule has 0 spiro atoms. The summed E-state index contributed by atoms with van der Waals surface area (Å²) in [4.78, 5) is 7.15. The molecule has 5 heteroatoms. The van der Waals surface area contributed by atoms with E-state index in [1.54, 1.807) is 18.5 Å². The van der Waals surface area contributed by atoms with Crippen molar-refractivity contribution in [1.29, 1.82) is 0 Å². The molecule has 80 valence electrons. The SMILES string of the molecule is OC(CS)C(O)c1cnc2cc[nH]c2c1. The average molecular weight is 224 g/mol. The van der Waals surface area contributed by atoms with Crippen LogP contribution < -0.4 is 0 Å². The van der Waals surface area contributed by atoms with E-state index in [1.807, 2.05) is 6.07 Å². The van der Waals surface area contributed by atoms with Crippen LogP contribution in [0.3, 0.4) is 0 Å². The fourth-order valence-electron chi connectivity index (χ4n) is 1.43. The molecule has 2 aromatic heterocycles. The summed E-state index contributed by atoms with van der Waals surface area (Å²) >= 11 is 3.93. The first-order chi connectivity index (χ1) is 7.22. The van der Waals surface area contributed by atoms with Crippen molar-refractivity contribution in [3.05, 3.63) is 30.1 Å². The van der Waals surface area contributed by atoms with Gasteiger partial charge in [-0.1, -0.05) is 0 Å². The van der Waals surface area contributed by atoms with E-state index < -0.39 is 12.2 Å². The normalized spacial score (nSPS) is 15.4. The van der Waals surface area contributed by atoms with Crippen molar-refractivity contribution in [3.63, 3.8) is 0 Å². The highest BCUT2D eigenvalue weighted by Gasteiger charge is 2.17. The van der Waals surface area contributed by atoms with Crippen LogP contribution in [-0.4, -0.2) is 32.0 Å². The second-order valence-corrected chi connectivity index (χ2v) is 3.74. The lowest BCUT2D eigenvalue weighted by molar-refractivity contribution is 0.0336. The lowest BCUT2D eigenvalue weighted by atomic mass is 10.1. The monoisotopic (exact) mass is 224 g/mol. The number of hydrogen-bond acceptors (Lipinski definition) is 4. The van der Waals surface area contributed by atoms with Gasteiger partial charge in [0.1, 0.15) is 6.10 Å². The second-order valence-electron chi connectivity index (χ2n) is 3.37. The molecular weight excluding hydrogens is 212 g/mol. The predicted molar refractivity (Wildman–Crippen MR) is 60.9 cm³/mol. The van der Waals surface area contributed by atoms with Gasteiger partial charge in [0.2, 0.25) is 0 Å². The standard InChI is InChI=1S/C10H12N2O2S/c13-9(5-15)10(14)6-3-8-7(12-4-6)1-2-11-8/h1-4,9-11,13-15H,5H2. The molecule has 3 N–H and O–H groups in total. The summed E-state index contributed by atoms with van der Waals surface area (Å²) in [5.41, 5.74) is 2.27. The van der Waals surface area contributed by atoms with Crippen LogP contribution >= 0.6 is 12.6 Å². The Hall–Kier alpha value is -1.04. The zero-order chi connectivity index (χ0) is 10.8. The minimum absolute atomic E-state index is 0.212. The number of hydrogen-bond donors (Lipinski definition) is 4. The maximum atomic E-state index is 9.73. The van der Waals surface area contributed by atoms with E-state index in [1.165, 1.54) is 0 Å². The number of nitrogens with zero attached hydrogens (tertiary/aromatic N) is 1. The van der Waals surface area contributed by atoms with Crippen LogP contribution in [0, 0.1) is 0 Å². The van der Waals surface area contributed by atoms with E-state index in [-0.39, 0.29) is 5.75 Å². The minimum Gasteiger partial charge on any atom is -0.389 e. The van der Waals surface area contributed by atoms with E-state index in [2.05, 4.69) is 22.6 Å². The minimum atomic E-state index is -0.942. The zero-order valence-corrected chi connectivity index (χ0v) is 8.85. The van der Waals surface area contributed by atoms with E-state index in [4.69, 9.17) is 0 Å². The molecule has 0 saturated heterocycles. The Morgan fingerprint density at radius 1 is 1.47 bits per heavy atom. The lowest BCUT2D eigenvalue weighted by Crippen LogP contribution is -2.19. The maximum absolute atomic E-state index is 9.73. The Balaban J connectivity index is 2.35. The summed E-state index contributed by atoms with van der Waals surface area (Å²) < 4.78 is 0. The molecule has 15 heavy (non-hydrogen) atoms. The van der Waals surface area contributed by atoms with E-state index >= 15 is 0 Å². The lowest BCUT2D eigenvalue weighted by Gasteiger charge is -2.15. The van der Waals surface area contributed by atoms with Crippen molar-refractivity contribution >= 4 is 23.7 Å². The Labute approximate surface area is 92.4 Å². The van der Waals surface area contributed by atoms with Crippen LogP contribution in [0.4, 0.5) is 0 Å². The molecule has 0 aromatic carbocycles. The van der Waals surface area contributed by atoms with Gasteiger partial charge in [0, 0.05) is 23.7 Å². The number of aliphatic hydroxyl groups excluding tert-OH is 2. The molecule has 0 aliphatic carbocycles. The third kappa shape index (κ3) is 1.99. The van der Waals surface area contributed by atoms with Crippen molar-refractivity contribution in [2.24, 2.45) is 0 Å². The van der Waals surface area contributed by atoms with Crippen molar-refractivity contribution < 1.29 is 10.2 Å². The number of rotatable bonds is 3. The Morgan fingerprint density at radius 2 is 2.27 bits per heavy atom. The smallest absolute Gasteiger partial charge is 0.107 e. The van der Waals surface area contributed by atoms with Gasteiger partial charge >= 0.3 is 0 Å². The number of pyridine rings is 1. The van der Waals surface area contributed by atoms with Crippen molar-refractivity contribution in [3.8, 4) is 0 Å². The molecule has 2 unspecified atom stereocenters. The quantitative estimate of drug-likeness (QED) is 0.585. The summed E-state index contributed by atoms with van der Waals surface area (Å²) in [7, 11) is 0. The van der Waals surface area contributed by atoms with Crippen LogP contribution in [0.2, 0.25) is 0 Å². The van der Waals surface area contributed by atoms with Crippen LogP contribution in [0.1, 0.15) is 11.7 Å². The molecule has 0 radical (unpaired) electrons. The molecule has 0 fully saturated rings. The van der Waals surface area contributed by atoms with Gasteiger partial charge in [0.05, 0.1) is 17.1 Å². The van der Waals surface area contributed by atoms with E-state index in [0.717, 1.165) is 11.0 Å². The van der Waals surface area contributed by atoms with Gasteiger partial charge in [0.15, 0.2) is 0 Å². The number of aromatic nitrogens is 2. The highest BCUT2D eigenvalue weighted by molar-refractivity contribution is 7.80. The van der Waals surface area contributed by atoms with Gasteiger partial charge < -0.3 is 15.2 Å². The van der Waals surface area contributed by atoms with E-state index in [9.17, 15) is 10.2 Å². The summed E-state index contributed by atoms with van der Waals surface area (Å²) in [6, 6.07) is 3.63. The average Bonchev–Trinajstić information content (AvgIpc) is 2.73. The summed E-state index contributed by atoms with van der Waals surface area (Å²) in [5, 5.41) is 19.2. The fourth-order valence-corrected chi connectivity index (χ4v) is 1.63. The predicted octanol–water partition coefficient (Wildman–Crippen LogP) is 0.887. The molecule has 2 aromatic rings. The van der Waals surface area contributed by atoms with Gasteiger partial charge in [-0.2, -0.15) is 12.6 Å². The first-order valence-corrected chi connectivity index (χ1v) is 5.25. The molecule has 2 rings (SSSR count). The topological polar surface area (TPSA) is 69.1 Å². The molecule has 0 aliphatic heterocycles. The first kappa shape index (κ1) is 10.5.